The van der Waals surface area contributed by atoms with Gasteiger partial charge in [-0.15, -0.1) is 0 Å². The first kappa shape index (κ1) is 36.7. The predicted molar refractivity (Wildman–Crippen MR) is 165 cm³/mol. The second-order valence-corrected chi connectivity index (χ2v) is 16.7. The lowest BCUT2D eigenvalue weighted by Crippen LogP contribution is -2.51. The number of hydrogen-bond donors (Lipinski definition) is 0. The zero-order valence-electron chi connectivity index (χ0n) is 27.0. The summed E-state index contributed by atoms with van der Waals surface area (Å²) in [6.07, 6.45) is -0.233. The molecule has 0 atom stereocenters. The fourth-order valence-electron chi connectivity index (χ4n) is 4.12. The van der Waals surface area contributed by atoms with Gasteiger partial charge in [-0.25, -0.2) is 0 Å². The van der Waals surface area contributed by atoms with Gasteiger partial charge < -0.3 is 36.0 Å². The Bertz CT molecular complexity index is 834. The smallest absolute Gasteiger partial charge is 0.481 e. The summed E-state index contributed by atoms with van der Waals surface area (Å²) in [5, 5.41) is 1.11. The average Bonchev–Trinajstić information content (AvgIpc) is 2.73. The highest BCUT2D eigenvalue weighted by atomic mass is 28.4. The van der Waals surface area contributed by atoms with E-state index in [1.807, 2.05) is 83.1 Å². The van der Waals surface area contributed by atoms with Crippen molar-refractivity contribution in [3.8, 4) is 11.5 Å². The molecular weight excluding hydrogens is 544 g/mol. The second kappa shape index (κ2) is 16.9. The van der Waals surface area contributed by atoms with E-state index < -0.39 is 17.6 Å². The van der Waals surface area contributed by atoms with Gasteiger partial charge in [0.2, 0.25) is 11.0 Å². The van der Waals surface area contributed by atoms with Crippen LogP contribution in [0.4, 0.5) is 0 Å². The molecule has 0 heterocycles. The lowest BCUT2D eigenvalue weighted by molar-refractivity contribution is -0.000285. The molecule has 0 aliphatic heterocycles. The van der Waals surface area contributed by atoms with E-state index in [1.54, 1.807) is 12.1 Å². The summed E-state index contributed by atoms with van der Waals surface area (Å²) in [6.45, 7) is 34.9. The molecule has 0 unspecified atom stereocenters. The van der Waals surface area contributed by atoms with Crippen molar-refractivity contribution < 1.29 is 36.0 Å². The molecule has 0 bridgehead atoms. The van der Waals surface area contributed by atoms with Crippen molar-refractivity contribution in [3.63, 3.8) is 0 Å². The standard InChI is InChI=1S/C30H55O8Si2/c1-21(2)33-39(34-22(3)4,35-23(5)6)17-15-31-29-19-28(14)30(20-27(29)13)32-16-18-40(36-24(7)8,37-25(9)10)38-26(11)12/h13,19-26H,14-18H2,1-12H3/q+1. The van der Waals surface area contributed by atoms with Gasteiger partial charge in [0, 0.05) is 48.4 Å². The van der Waals surface area contributed by atoms with Gasteiger partial charge in [-0.3, -0.25) is 0 Å². The van der Waals surface area contributed by atoms with Crippen LogP contribution in [0.2, 0.25) is 12.1 Å². The van der Waals surface area contributed by atoms with Gasteiger partial charge in [0.25, 0.3) is 0 Å². The normalized spacial score (nSPS) is 13.0. The van der Waals surface area contributed by atoms with Crippen LogP contribution in [0.3, 0.4) is 0 Å². The van der Waals surface area contributed by atoms with Crippen LogP contribution in [0.1, 0.15) is 83.1 Å². The number of rotatable bonds is 20. The third-order valence-corrected chi connectivity index (χ3v) is 11.6. The highest BCUT2D eigenvalue weighted by Crippen LogP contribution is 2.24. The maximum absolute atomic E-state index is 6.36. The quantitative estimate of drug-likeness (QED) is 0.142. The molecule has 1 aromatic carbocycles. The van der Waals surface area contributed by atoms with E-state index in [2.05, 4.69) is 6.58 Å². The van der Waals surface area contributed by atoms with Crippen molar-refractivity contribution in [3.05, 3.63) is 22.6 Å². The summed E-state index contributed by atoms with van der Waals surface area (Å²) < 4.78 is 49.6. The molecule has 0 aromatic heterocycles. The number of hydrogen-bond acceptors (Lipinski definition) is 8. The van der Waals surface area contributed by atoms with Gasteiger partial charge in [-0.1, -0.05) is 6.58 Å². The maximum atomic E-state index is 6.36. The van der Waals surface area contributed by atoms with Gasteiger partial charge in [0.15, 0.2) is 5.75 Å². The molecule has 0 saturated carbocycles. The molecule has 0 radical (unpaired) electrons. The van der Waals surface area contributed by atoms with Crippen LogP contribution in [0.25, 0.3) is 13.2 Å². The lowest BCUT2D eigenvalue weighted by Gasteiger charge is -2.34. The minimum atomic E-state index is -2.99. The van der Waals surface area contributed by atoms with E-state index in [-0.39, 0.29) is 36.6 Å². The van der Waals surface area contributed by atoms with Gasteiger partial charge in [0.1, 0.15) is 12.7 Å². The monoisotopic (exact) mass is 599 g/mol. The summed E-state index contributed by atoms with van der Waals surface area (Å²) >= 11 is 0. The van der Waals surface area contributed by atoms with Crippen molar-refractivity contribution >= 4 is 30.8 Å². The zero-order valence-corrected chi connectivity index (χ0v) is 29.0. The van der Waals surface area contributed by atoms with Crippen LogP contribution in [-0.4, -0.2) is 67.4 Å². The maximum Gasteiger partial charge on any atom is 0.505 e. The van der Waals surface area contributed by atoms with Crippen molar-refractivity contribution in [2.45, 2.75) is 132 Å². The van der Waals surface area contributed by atoms with Crippen molar-refractivity contribution in [2.75, 3.05) is 13.2 Å². The minimum Gasteiger partial charge on any atom is -0.481 e. The van der Waals surface area contributed by atoms with E-state index in [0.717, 1.165) is 0 Å². The summed E-state index contributed by atoms with van der Waals surface area (Å²) in [4.78, 5) is 0. The van der Waals surface area contributed by atoms with Crippen LogP contribution < -0.4 is 19.9 Å². The lowest BCUT2D eigenvalue weighted by atomic mass is 10.2. The van der Waals surface area contributed by atoms with Crippen LogP contribution in [0.5, 0.6) is 11.5 Å². The number of benzene rings is 1. The van der Waals surface area contributed by atoms with Gasteiger partial charge in [-0.05, 0) is 83.1 Å². The molecule has 40 heavy (non-hydrogen) atoms. The molecule has 0 aliphatic rings. The summed E-state index contributed by atoms with van der Waals surface area (Å²) in [6, 6.07) is 4.50. The van der Waals surface area contributed by atoms with E-state index >= 15 is 0 Å². The molecule has 10 heteroatoms. The molecule has 1 rings (SSSR count). The van der Waals surface area contributed by atoms with E-state index in [9.17, 15) is 0 Å². The minimum absolute atomic E-state index is 0.0377. The molecule has 0 spiro atoms. The predicted octanol–water partition coefficient (Wildman–Crippen LogP) is 5.57. The highest BCUT2D eigenvalue weighted by molar-refractivity contribution is 6.61. The van der Waals surface area contributed by atoms with Gasteiger partial charge in [-0.2, -0.15) is 0 Å². The molecular formula is C30H55O8Si2+. The Morgan fingerprint density at radius 2 is 0.850 bits per heavy atom. The van der Waals surface area contributed by atoms with Crippen molar-refractivity contribution in [2.24, 2.45) is 0 Å². The summed E-state index contributed by atoms with van der Waals surface area (Å²) in [7, 11) is -5.97. The average molecular weight is 600 g/mol. The SMILES string of the molecule is [CH+]=c1cc(OCC[Si](OC(C)C)(OC(C)C)OC(C)C)c(=C)cc1OCC[Si](OC(C)C)(OC(C)C)OC(C)C. The molecule has 1 aromatic rings. The largest absolute Gasteiger partial charge is 0.505 e. The Morgan fingerprint density at radius 1 is 0.550 bits per heavy atom. The van der Waals surface area contributed by atoms with Gasteiger partial charge >= 0.3 is 17.6 Å². The third kappa shape index (κ3) is 13.6. The first-order chi connectivity index (χ1) is 18.5. The summed E-state index contributed by atoms with van der Waals surface area (Å²) in [5.74, 6) is 1.10. The Kier molecular flexibility index (Phi) is 15.5. The topological polar surface area (TPSA) is 73.8 Å². The zero-order chi connectivity index (χ0) is 30.7. The van der Waals surface area contributed by atoms with Crippen molar-refractivity contribution in [1.29, 1.82) is 0 Å². The fraction of sp³-hybridized carbons (Fsp3) is 0.733. The van der Waals surface area contributed by atoms with E-state index in [1.165, 1.54) is 0 Å². The molecule has 8 nitrogen and oxygen atoms in total. The molecule has 0 fully saturated rings. The van der Waals surface area contributed by atoms with Crippen LogP contribution in [0.15, 0.2) is 12.1 Å². The Balaban J connectivity index is 2.99. The molecule has 230 valence electrons. The van der Waals surface area contributed by atoms with Gasteiger partial charge in [0.05, 0.1) is 24.8 Å². The first-order valence-corrected chi connectivity index (χ1v) is 18.4. The van der Waals surface area contributed by atoms with Crippen LogP contribution in [-0.2, 0) is 26.6 Å². The van der Waals surface area contributed by atoms with Crippen molar-refractivity contribution in [1.82, 2.24) is 0 Å². The first-order valence-electron chi connectivity index (χ1n) is 14.6. The molecule has 0 saturated heterocycles. The number of ether oxygens (including phenoxy) is 2. The third-order valence-electron chi connectivity index (χ3n) is 5.02. The Hall–Kier alpha value is -1.34. The van der Waals surface area contributed by atoms with E-state index in [4.69, 9.17) is 42.6 Å². The van der Waals surface area contributed by atoms with Crippen LogP contribution in [0, 0.1) is 0 Å². The Labute approximate surface area is 245 Å². The fourth-order valence-corrected chi connectivity index (χ4v) is 10.2. The Morgan fingerprint density at radius 3 is 1.15 bits per heavy atom. The van der Waals surface area contributed by atoms with Crippen LogP contribution >= 0.6 is 0 Å². The summed E-state index contributed by atoms with van der Waals surface area (Å²) in [5.41, 5.74) is 0. The van der Waals surface area contributed by atoms with E-state index in [0.29, 0.717) is 47.2 Å². The molecule has 0 aliphatic carbocycles. The second-order valence-electron chi connectivity index (χ2n) is 11.6. The molecule has 0 N–H and O–H groups in total. The highest BCUT2D eigenvalue weighted by Gasteiger charge is 2.45. The molecule has 0 amide bonds.